The summed E-state index contributed by atoms with van der Waals surface area (Å²) in [6.45, 7) is 7.56. The third-order valence-corrected chi connectivity index (χ3v) is 3.56. The van der Waals surface area contributed by atoms with Gasteiger partial charge in [-0.05, 0) is 23.8 Å². The third kappa shape index (κ3) is 17.1. The van der Waals surface area contributed by atoms with Gasteiger partial charge in [-0.25, -0.2) is 0 Å². The summed E-state index contributed by atoms with van der Waals surface area (Å²) in [5.74, 6) is 2.24. The van der Waals surface area contributed by atoms with Gasteiger partial charge in [0.2, 0.25) is 0 Å². The normalized spacial score (nSPS) is 13.4. The van der Waals surface area contributed by atoms with Crippen LogP contribution >= 0.6 is 11.8 Å². The highest BCUT2D eigenvalue weighted by atomic mass is 32.3. The number of hydrogen-bond acceptors (Lipinski definition) is 4. The summed E-state index contributed by atoms with van der Waals surface area (Å²) in [6.07, 6.45) is 1.21. The Bertz CT molecular complexity index is 552. The Balaban J connectivity index is 0.000000841. The molecule has 0 fully saturated rings. The molecule has 0 aliphatic heterocycles. The summed E-state index contributed by atoms with van der Waals surface area (Å²) in [6, 6.07) is 10.4. The molecular formula is C15H26N2O4S2. The lowest BCUT2D eigenvalue weighted by Gasteiger charge is -2.11. The van der Waals surface area contributed by atoms with Crippen LogP contribution in [0.3, 0.4) is 0 Å². The lowest BCUT2D eigenvalue weighted by atomic mass is 9.99. The average Bonchev–Trinajstić information content (AvgIpc) is 2.41. The molecule has 1 aromatic rings. The smallest absolute Gasteiger partial charge is 0.379 e. The molecule has 0 aliphatic carbocycles. The van der Waals surface area contributed by atoms with Gasteiger partial charge < -0.3 is 5.73 Å². The van der Waals surface area contributed by atoms with E-state index in [1.54, 1.807) is 11.8 Å². The molecule has 8 heteroatoms. The predicted molar refractivity (Wildman–Crippen MR) is 97.0 cm³/mol. The molecule has 1 unspecified atom stereocenters. The summed E-state index contributed by atoms with van der Waals surface area (Å²) < 4.78 is 31.6. The van der Waals surface area contributed by atoms with Crippen LogP contribution in [0.15, 0.2) is 35.3 Å². The second-order valence-electron chi connectivity index (χ2n) is 5.64. The van der Waals surface area contributed by atoms with Crippen molar-refractivity contribution in [2.45, 2.75) is 32.9 Å². The number of nitrogens with zero attached hydrogens (tertiary/aromatic N) is 1. The standard InChI is InChI=1S/C15H24N2S.H2O4S/c1-12(2)9-13(3)10-17-15(16)18-11-14-7-5-4-6-8-14;1-5(2,3)4/h4-8,12-13H,9-11H2,1-3H3,(H2,16,17);(H2,1,2,3,4). The molecule has 0 heterocycles. The van der Waals surface area contributed by atoms with Crippen molar-refractivity contribution in [3.63, 3.8) is 0 Å². The van der Waals surface area contributed by atoms with E-state index in [0.29, 0.717) is 11.1 Å². The predicted octanol–water partition coefficient (Wildman–Crippen LogP) is 3.26. The molecule has 0 aliphatic rings. The SMILES string of the molecule is CC(C)CC(C)CN=C(N)SCc1ccccc1.O=S(=O)(O)O. The van der Waals surface area contributed by atoms with E-state index in [2.05, 4.69) is 37.9 Å². The van der Waals surface area contributed by atoms with Crippen LogP contribution in [0.25, 0.3) is 0 Å². The van der Waals surface area contributed by atoms with Crippen LogP contribution in [-0.2, 0) is 16.2 Å². The van der Waals surface area contributed by atoms with Crippen LogP contribution in [0.2, 0.25) is 0 Å². The fourth-order valence-electron chi connectivity index (χ4n) is 1.90. The molecule has 6 nitrogen and oxygen atoms in total. The first-order chi connectivity index (χ1) is 10.6. The molecule has 0 bridgehead atoms. The zero-order valence-electron chi connectivity index (χ0n) is 13.7. The van der Waals surface area contributed by atoms with Gasteiger partial charge in [-0.3, -0.25) is 14.1 Å². The second kappa shape index (κ2) is 11.4. The Morgan fingerprint density at radius 2 is 1.74 bits per heavy atom. The van der Waals surface area contributed by atoms with Crippen LogP contribution in [0.4, 0.5) is 0 Å². The molecule has 0 saturated heterocycles. The first-order valence-corrected chi connectivity index (χ1v) is 9.62. The molecule has 0 amide bonds. The lowest BCUT2D eigenvalue weighted by Crippen LogP contribution is -2.11. The van der Waals surface area contributed by atoms with E-state index in [1.807, 2.05) is 18.2 Å². The molecule has 1 aromatic carbocycles. The van der Waals surface area contributed by atoms with Gasteiger partial charge in [-0.2, -0.15) is 8.42 Å². The van der Waals surface area contributed by atoms with Gasteiger partial charge in [0.25, 0.3) is 0 Å². The van der Waals surface area contributed by atoms with E-state index in [9.17, 15) is 0 Å². The Morgan fingerprint density at radius 3 is 2.22 bits per heavy atom. The highest BCUT2D eigenvalue weighted by molar-refractivity contribution is 8.13. The molecule has 1 atom stereocenters. The first-order valence-electron chi connectivity index (χ1n) is 7.24. The Morgan fingerprint density at radius 1 is 1.22 bits per heavy atom. The van der Waals surface area contributed by atoms with E-state index in [4.69, 9.17) is 23.3 Å². The van der Waals surface area contributed by atoms with E-state index in [-0.39, 0.29) is 0 Å². The largest absolute Gasteiger partial charge is 0.394 e. The van der Waals surface area contributed by atoms with Crippen molar-refractivity contribution in [2.24, 2.45) is 22.6 Å². The van der Waals surface area contributed by atoms with Crippen molar-refractivity contribution in [3.05, 3.63) is 35.9 Å². The van der Waals surface area contributed by atoms with Crippen LogP contribution in [0.1, 0.15) is 32.8 Å². The van der Waals surface area contributed by atoms with Gasteiger partial charge in [-0.1, -0.05) is 62.9 Å². The maximum Gasteiger partial charge on any atom is 0.394 e. The molecule has 0 radical (unpaired) electrons. The van der Waals surface area contributed by atoms with Gasteiger partial charge >= 0.3 is 10.4 Å². The number of benzene rings is 1. The van der Waals surface area contributed by atoms with Crippen molar-refractivity contribution >= 4 is 27.3 Å². The second-order valence-corrected chi connectivity index (χ2v) is 7.53. The van der Waals surface area contributed by atoms with E-state index in [1.165, 1.54) is 12.0 Å². The molecular weight excluding hydrogens is 336 g/mol. The van der Waals surface area contributed by atoms with Gasteiger partial charge in [0.05, 0.1) is 0 Å². The van der Waals surface area contributed by atoms with Crippen LogP contribution in [-0.4, -0.2) is 29.2 Å². The topological polar surface area (TPSA) is 113 Å². The Kier molecular flexibility index (Phi) is 10.9. The summed E-state index contributed by atoms with van der Waals surface area (Å²) in [5, 5.41) is 0.703. The maximum atomic E-state index is 8.74. The molecule has 0 aromatic heterocycles. The molecule has 4 N–H and O–H groups in total. The Hall–Kier alpha value is -1.09. The fourth-order valence-corrected chi connectivity index (χ4v) is 2.58. The molecule has 132 valence electrons. The average molecular weight is 363 g/mol. The summed E-state index contributed by atoms with van der Waals surface area (Å²) in [5.41, 5.74) is 7.20. The zero-order chi connectivity index (χ0) is 17.9. The molecule has 23 heavy (non-hydrogen) atoms. The fraction of sp³-hybridized carbons (Fsp3) is 0.533. The van der Waals surface area contributed by atoms with Gasteiger partial charge in [0.15, 0.2) is 5.17 Å². The van der Waals surface area contributed by atoms with Crippen molar-refractivity contribution in [1.82, 2.24) is 0 Å². The number of hydrogen-bond donors (Lipinski definition) is 3. The number of aliphatic imine (C=N–C) groups is 1. The summed E-state index contributed by atoms with van der Waals surface area (Å²) in [7, 11) is -4.67. The van der Waals surface area contributed by atoms with Gasteiger partial charge in [0.1, 0.15) is 0 Å². The third-order valence-electron chi connectivity index (χ3n) is 2.66. The van der Waals surface area contributed by atoms with Crippen LogP contribution in [0, 0.1) is 11.8 Å². The lowest BCUT2D eigenvalue weighted by molar-refractivity contribution is 0.381. The zero-order valence-corrected chi connectivity index (χ0v) is 15.3. The number of thioether (sulfide) groups is 1. The minimum atomic E-state index is -4.67. The highest BCUT2D eigenvalue weighted by Gasteiger charge is 2.04. The summed E-state index contributed by atoms with van der Waals surface area (Å²) >= 11 is 1.62. The number of rotatable bonds is 6. The van der Waals surface area contributed by atoms with E-state index < -0.39 is 10.4 Å². The van der Waals surface area contributed by atoms with Gasteiger partial charge in [-0.15, -0.1) is 0 Å². The molecule has 1 rings (SSSR count). The first kappa shape index (κ1) is 21.9. The van der Waals surface area contributed by atoms with Crippen LogP contribution in [0.5, 0.6) is 0 Å². The van der Waals surface area contributed by atoms with Crippen molar-refractivity contribution in [1.29, 1.82) is 0 Å². The summed E-state index contributed by atoms with van der Waals surface area (Å²) in [4.78, 5) is 4.45. The van der Waals surface area contributed by atoms with Crippen molar-refractivity contribution < 1.29 is 17.5 Å². The van der Waals surface area contributed by atoms with Crippen molar-refractivity contribution in [3.8, 4) is 0 Å². The van der Waals surface area contributed by atoms with Crippen molar-refractivity contribution in [2.75, 3.05) is 6.54 Å². The van der Waals surface area contributed by atoms with E-state index in [0.717, 1.165) is 18.2 Å². The number of nitrogens with two attached hydrogens (primary N) is 1. The minimum absolute atomic E-state index is 0.612. The molecule has 0 saturated carbocycles. The van der Waals surface area contributed by atoms with E-state index >= 15 is 0 Å². The quantitative estimate of drug-likeness (QED) is 0.407. The number of amidine groups is 1. The Labute approximate surface area is 143 Å². The monoisotopic (exact) mass is 362 g/mol. The van der Waals surface area contributed by atoms with Crippen LogP contribution < -0.4 is 5.73 Å². The maximum absolute atomic E-state index is 8.74. The highest BCUT2D eigenvalue weighted by Crippen LogP contribution is 2.14. The molecule has 0 spiro atoms. The van der Waals surface area contributed by atoms with Gasteiger partial charge in [0, 0.05) is 12.3 Å². The minimum Gasteiger partial charge on any atom is -0.379 e.